The summed E-state index contributed by atoms with van der Waals surface area (Å²) >= 11 is 0. The molecular formula is C8H4F3N3O. The lowest BCUT2D eigenvalue weighted by Crippen LogP contribution is -2.05. The zero-order valence-electron chi connectivity index (χ0n) is 7.17. The highest BCUT2D eigenvalue weighted by molar-refractivity contribution is 5.84. The minimum Gasteiger partial charge on any atom is -0.272 e. The number of halogens is 3. The summed E-state index contributed by atoms with van der Waals surface area (Å²) in [5.74, 6) is 0. The van der Waals surface area contributed by atoms with Crippen LogP contribution in [-0.2, 0) is 6.18 Å². The number of alkyl halides is 3. The first-order valence-electron chi connectivity index (χ1n) is 3.91. The van der Waals surface area contributed by atoms with Crippen molar-refractivity contribution < 1.29 is 13.2 Å². The molecule has 7 heteroatoms. The zero-order chi connectivity index (χ0) is 11.1. The number of nitrogens with one attached hydrogen (secondary N) is 1. The molecule has 0 aliphatic heterocycles. The molecule has 0 bridgehead atoms. The van der Waals surface area contributed by atoms with Gasteiger partial charge in [0.05, 0.1) is 5.52 Å². The molecule has 1 aromatic heterocycles. The summed E-state index contributed by atoms with van der Waals surface area (Å²) in [6.07, 6.45) is -4.52. The Kier molecular flexibility index (Phi) is 1.95. The Morgan fingerprint density at radius 1 is 1.33 bits per heavy atom. The highest BCUT2D eigenvalue weighted by Crippen LogP contribution is 2.34. The SMILES string of the molecule is O=Nc1ccc2n[nH]c(C(F)(F)F)c2c1. The molecule has 15 heavy (non-hydrogen) atoms. The smallest absolute Gasteiger partial charge is 0.272 e. The Labute approximate surface area is 81.1 Å². The minimum atomic E-state index is -4.52. The highest BCUT2D eigenvalue weighted by Gasteiger charge is 2.35. The van der Waals surface area contributed by atoms with E-state index in [0.717, 1.165) is 6.07 Å². The van der Waals surface area contributed by atoms with Crippen molar-refractivity contribution in [3.8, 4) is 0 Å². The quantitative estimate of drug-likeness (QED) is 0.743. The molecule has 0 spiro atoms. The maximum atomic E-state index is 12.4. The summed E-state index contributed by atoms with van der Waals surface area (Å²) in [6, 6.07) is 3.66. The Balaban J connectivity index is 2.72. The molecular weight excluding hydrogens is 211 g/mol. The van der Waals surface area contributed by atoms with Crippen molar-refractivity contribution >= 4 is 16.6 Å². The van der Waals surface area contributed by atoms with Gasteiger partial charge in [-0.15, -0.1) is 4.91 Å². The molecule has 0 aliphatic rings. The monoisotopic (exact) mass is 215 g/mol. The van der Waals surface area contributed by atoms with E-state index in [9.17, 15) is 18.1 Å². The van der Waals surface area contributed by atoms with Gasteiger partial charge in [-0.25, -0.2) is 0 Å². The van der Waals surface area contributed by atoms with Crippen LogP contribution < -0.4 is 0 Å². The topological polar surface area (TPSA) is 58.1 Å². The molecule has 0 atom stereocenters. The van der Waals surface area contributed by atoms with Gasteiger partial charge < -0.3 is 0 Å². The van der Waals surface area contributed by atoms with Gasteiger partial charge in [0.2, 0.25) is 0 Å². The second kappa shape index (κ2) is 3.04. The van der Waals surface area contributed by atoms with E-state index in [1.54, 1.807) is 0 Å². The molecule has 2 rings (SSSR count). The summed E-state index contributed by atoms with van der Waals surface area (Å²) in [6.45, 7) is 0. The van der Waals surface area contributed by atoms with Gasteiger partial charge in [0, 0.05) is 5.39 Å². The van der Waals surface area contributed by atoms with Gasteiger partial charge in [-0.2, -0.15) is 18.3 Å². The Bertz CT molecular complexity index is 517. The first-order valence-corrected chi connectivity index (χ1v) is 3.91. The van der Waals surface area contributed by atoms with Gasteiger partial charge in [0.15, 0.2) is 0 Å². The summed E-state index contributed by atoms with van der Waals surface area (Å²) in [5, 5.41) is 7.77. The molecule has 1 heterocycles. The van der Waals surface area contributed by atoms with Crippen LogP contribution >= 0.6 is 0 Å². The molecule has 78 valence electrons. The van der Waals surface area contributed by atoms with E-state index in [0.29, 0.717) is 0 Å². The number of hydrogen-bond donors (Lipinski definition) is 1. The van der Waals surface area contributed by atoms with Gasteiger partial charge in [-0.05, 0) is 23.4 Å². The fourth-order valence-corrected chi connectivity index (χ4v) is 1.27. The molecule has 0 radical (unpaired) electrons. The number of benzene rings is 1. The molecule has 4 nitrogen and oxygen atoms in total. The fraction of sp³-hybridized carbons (Fsp3) is 0.125. The van der Waals surface area contributed by atoms with Gasteiger partial charge in [-0.3, -0.25) is 5.10 Å². The van der Waals surface area contributed by atoms with Gasteiger partial charge in [0.1, 0.15) is 11.4 Å². The summed E-state index contributed by atoms with van der Waals surface area (Å²) in [4.78, 5) is 10.2. The molecule has 0 saturated heterocycles. The van der Waals surface area contributed by atoms with Crippen molar-refractivity contribution in [3.63, 3.8) is 0 Å². The lowest BCUT2D eigenvalue weighted by atomic mass is 10.2. The van der Waals surface area contributed by atoms with Crippen molar-refractivity contribution in [1.29, 1.82) is 0 Å². The Morgan fingerprint density at radius 3 is 2.67 bits per heavy atom. The summed E-state index contributed by atoms with van der Waals surface area (Å²) in [5.41, 5.74) is -0.882. The van der Waals surface area contributed by atoms with Crippen LogP contribution in [0.3, 0.4) is 0 Å². The fourth-order valence-electron chi connectivity index (χ4n) is 1.27. The maximum Gasteiger partial charge on any atom is 0.433 e. The van der Waals surface area contributed by atoms with E-state index < -0.39 is 11.9 Å². The van der Waals surface area contributed by atoms with Crippen molar-refractivity contribution in [3.05, 3.63) is 28.8 Å². The molecule has 1 N–H and O–H groups in total. The summed E-state index contributed by atoms with van der Waals surface area (Å²) < 4.78 is 37.2. The number of aromatic amines is 1. The molecule has 0 aliphatic carbocycles. The third kappa shape index (κ3) is 1.56. The Hall–Kier alpha value is -1.92. The van der Waals surface area contributed by atoms with Crippen LogP contribution in [0.1, 0.15) is 5.69 Å². The molecule has 0 unspecified atom stereocenters. The van der Waals surface area contributed by atoms with E-state index in [4.69, 9.17) is 0 Å². The van der Waals surface area contributed by atoms with E-state index >= 15 is 0 Å². The predicted octanol–water partition coefficient (Wildman–Crippen LogP) is 2.98. The lowest BCUT2D eigenvalue weighted by molar-refractivity contribution is -0.139. The number of nitroso groups, excluding NO2 is 1. The van der Waals surface area contributed by atoms with Crippen molar-refractivity contribution in [2.24, 2.45) is 5.18 Å². The second-order valence-electron chi connectivity index (χ2n) is 2.89. The van der Waals surface area contributed by atoms with Crippen LogP contribution in [0, 0.1) is 4.91 Å². The van der Waals surface area contributed by atoms with Crippen LogP contribution in [-0.4, -0.2) is 10.2 Å². The van der Waals surface area contributed by atoms with Crippen LogP contribution in [0.4, 0.5) is 18.9 Å². The molecule has 0 amide bonds. The standard InChI is InChI=1S/C8H4F3N3O/c9-8(10,11)7-5-3-4(14-15)1-2-6(5)12-13-7/h1-3H,(H,12,13). The van der Waals surface area contributed by atoms with E-state index in [1.807, 2.05) is 5.10 Å². The van der Waals surface area contributed by atoms with Crippen LogP contribution in [0.15, 0.2) is 23.4 Å². The van der Waals surface area contributed by atoms with Crippen LogP contribution in [0.25, 0.3) is 10.9 Å². The molecule has 0 saturated carbocycles. The summed E-state index contributed by atoms with van der Waals surface area (Å²) in [7, 11) is 0. The number of aromatic nitrogens is 2. The number of fused-ring (bicyclic) bond motifs is 1. The van der Waals surface area contributed by atoms with E-state index in [2.05, 4.69) is 10.3 Å². The van der Waals surface area contributed by atoms with E-state index in [-0.39, 0.29) is 16.6 Å². The van der Waals surface area contributed by atoms with Gasteiger partial charge >= 0.3 is 6.18 Å². The molecule has 2 aromatic rings. The molecule has 0 fully saturated rings. The normalized spacial score (nSPS) is 11.9. The largest absolute Gasteiger partial charge is 0.433 e. The second-order valence-corrected chi connectivity index (χ2v) is 2.89. The number of hydrogen-bond acceptors (Lipinski definition) is 3. The maximum absolute atomic E-state index is 12.4. The highest BCUT2D eigenvalue weighted by atomic mass is 19.4. The van der Waals surface area contributed by atoms with Crippen molar-refractivity contribution in [2.45, 2.75) is 6.18 Å². The Morgan fingerprint density at radius 2 is 2.07 bits per heavy atom. The van der Waals surface area contributed by atoms with Crippen molar-refractivity contribution in [2.75, 3.05) is 0 Å². The average molecular weight is 215 g/mol. The molecule has 1 aromatic carbocycles. The third-order valence-corrected chi connectivity index (χ3v) is 1.93. The van der Waals surface area contributed by atoms with E-state index in [1.165, 1.54) is 12.1 Å². The first-order chi connectivity index (χ1) is 7.02. The first kappa shape index (κ1) is 9.63. The number of rotatable bonds is 1. The minimum absolute atomic E-state index is 0.0607. The number of H-pyrrole nitrogens is 1. The third-order valence-electron chi connectivity index (χ3n) is 1.93. The number of nitrogens with zero attached hydrogens (tertiary/aromatic N) is 2. The van der Waals surface area contributed by atoms with Gasteiger partial charge in [-0.1, -0.05) is 0 Å². The van der Waals surface area contributed by atoms with Crippen molar-refractivity contribution in [1.82, 2.24) is 10.2 Å². The lowest BCUT2D eigenvalue weighted by Gasteiger charge is -2.02. The average Bonchev–Trinajstić information content (AvgIpc) is 2.59. The predicted molar refractivity (Wildman–Crippen MR) is 46.6 cm³/mol. The van der Waals surface area contributed by atoms with Gasteiger partial charge in [0.25, 0.3) is 0 Å². The van der Waals surface area contributed by atoms with Crippen LogP contribution in [0.5, 0.6) is 0 Å². The van der Waals surface area contributed by atoms with Crippen LogP contribution in [0.2, 0.25) is 0 Å². The zero-order valence-corrected chi connectivity index (χ0v) is 7.17.